The molecule has 11 heteroatoms. The van der Waals surface area contributed by atoms with Crippen molar-refractivity contribution in [1.82, 2.24) is 9.97 Å². The number of carbonyl (C=O) groups excluding carboxylic acids is 2. The van der Waals surface area contributed by atoms with E-state index in [1.165, 1.54) is 50.6 Å². The number of aliphatic hydroxyl groups is 1. The first kappa shape index (κ1) is 27.1. The van der Waals surface area contributed by atoms with Crippen molar-refractivity contribution in [3.8, 4) is 11.3 Å². The van der Waals surface area contributed by atoms with Gasteiger partial charge in [0.1, 0.15) is 18.0 Å². The van der Waals surface area contributed by atoms with E-state index in [0.717, 1.165) is 10.6 Å². The van der Waals surface area contributed by atoms with Gasteiger partial charge in [-0.1, -0.05) is 26.0 Å². The number of hydrogen-bond donors (Lipinski definition) is 1. The van der Waals surface area contributed by atoms with Gasteiger partial charge >= 0.3 is 5.97 Å². The summed E-state index contributed by atoms with van der Waals surface area (Å²) in [5.41, 5.74) is 1.80. The number of esters is 1. The van der Waals surface area contributed by atoms with E-state index in [4.69, 9.17) is 0 Å². The van der Waals surface area contributed by atoms with E-state index in [1.807, 2.05) is 13.8 Å². The molecule has 0 aliphatic rings. The highest BCUT2D eigenvalue weighted by molar-refractivity contribution is 7.92. The van der Waals surface area contributed by atoms with Crippen LogP contribution in [-0.2, 0) is 24.3 Å². The highest BCUT2D eigenvalue weighted by atomic mass is 32.2. The van der Waals surface area contributed by atoms with Crippen molar-refractivity contribution in [2.24, 2.45) is 0 Å². The number of ether oxygens (including phenoxy) is 1. The number of methoxy groups -OCH3 is 1. The average molecular weight is 494 g/mol. The number of carbonyl (C=O) groups is 2. The monoisotopic (exact) mass is 493 g/mol. The quantitative estimate of drug-likeness (QED) is 0.395. The summed E-state index contributed by atoms with van der Waals surface area (Å²) in [6.45, 7) is 3.71. The number of aromatic nitrogens is 2. The van der Waals surface area contributed by atoms with Gasteiger partial charge in [0.2, 0.25) is 16.0 Å². The predicted octanol–water partition coefficient (Wildman–Crippen LogP) is 2.70. The minimum atomic E-state index is -3.65. The molecule has 0 saturated heterocycles. The van der Waals surface area contributed by atoms with Crippen molar-refractivity contribution in [2.75, 3.05) is 24.7 Å². The van der Waals surface area contributed by atoms with E-state index in [-0.39, 0.29) is 18.3 Å². The van der Waals surface area contributed by atoms with Gasteiger partial charge < -0.3 is 9.84 Å². The van der Waals surface area contributed by atoms with Crippen LogP contribution in [0.2, 0.25) is 0 Å². The molecule has 34 heavy (non-hydrogen) atoms. The van der Waals surface area contributed by atoms with Crippen molar-refractivity contribution in [3.63, 3.8) is 0 Å². The first-order chi connectivity index (χ1) is 15.8. The Bertz CT molecular complexity index is 1180. The van der Waals surface area contributed by atoms with Crippen LogP contribution in [0.15, 0.2) is 30.3 Å². The van der Waals surface area contributed by atoms with Crippen molar-refractivity contribution in [1.29, 1.82) is 0 Å². The van der Waals surface area contributed by atoms with Crippen LogP contribution >= 0.6 is 0 Å². The van der Waals surface area contributed by atoms with E-state index in [9.17, 15) is 27.5 Å². The molecule has 0 aliphatic heterocycles. The number of ketones is 1. The lowest BCUT2D eigenvalue weighted by Gasteiger charge is -2.20. The molecular weight excluding hydrogens is 465 g/mol. The molecule has 1 atom stereocenters. The molecule has 0 radical (unpaired) electrons. The van der Waals surface area contributed by atoms with Crippen molar-refractivity contribution >= 4 is 33.8 Å². The second-order valence-corrected chi connectivity index (χ2v) is 10.00. The number of benzene rings is 1. The van der Waals surface area contributed by atoms with Gasteiger partial charge in [0.15, 0.2) is 0 Å². The van der Waals surface area contributed by atoms with Gasteiger partial charge in [0, 0.05) is 24.6 Å². The number of aliphatic hydroxyl groups excluding tert-OH is 1. The van der Waals surface area contributed by atoms with Gasteiger partial charge in [-0.3, -0.25) is 9.59 Å². The Balaban J connectivity index is 2.58. The van der Waals surface area contributed by atoms with Gasteiger partial charge in [0.25, 0.3) is 0 Å². The van der Waals surface area contributed by atoms with Gasteiger partial charge in [-0.2, -0.15) is 0 Å². The van der Waals surface area contributed by atoms with E-state index >= 15 is 0 Å². The number of halogens is 1. The number of anilines is 1. The molecule has 0 bridgehead atoms. The Kier molecular flexibility index (Phi) is 9.00. The maximum atomic E-state index is 13.5. The summed E-state index contributed by atoms with van der Waals surface area (Å²) in [6.07, 6.45) is 1.98. The lowest BCUT2D eigenvalue weighted by atomic mass is 9.97. The van der Waals surface area contributed by atoms with Gasteiger partial charge in [-0.15, -0.1) is 0 Å². The van der Waals surface area contributed by atoms with Crippen molar-refractivity contribution < 1.29 is 32.2 Å². The Labute approximate surface area is 198 Å². The summed E-state index contributed by atoms with van der Waals surface area (Å²) in [4.78, 5) is 32.0. The van der Waals surface area contributed by atoms with Gasteiger partial charge in [-0.05, 0) is 30.2 Å². The topological polar surface area (TPSA) is 127 Å². The lowest BCUT2D eigenvalue weighted by Crippen LogP contribution is -2.27. The normalized spacial score (nSPS) is 12.7. The van der Waals surface area contributed by atoms with Crippen molar-refractivity contribution in [3.05, 3.63) is 47.4 Å². The van der Waals surface area contributed by atoms with Gasteiger partial charge in [-0.25, -0.2) is 27.1 Å². The van der Waals surface area contributed by atoms with E-state index in [0.29, 0.717) is 22.5 Å². The number of Topliss-reactive ketones (excluding diaryl/α,β-unsaturated/α-hetero) is 1. The Hall–Kier alpha value is -3.18. The summed E-state index contributed by atoms with van der Waals surface area (Å²) in [7, 11) is -1.16. The second kappa shape index (κ2) is 11.3. The summed E-state index contributed by atoms with van der Waals surface area (Å²) < 4.78 is 43.1. The fourth-order valence-corrected chi connectivity index (χ4v) is 3.39. The number of hydrogen-bond acceptors (Lipinski definition) is 8. The molecule has 184 valence electrons. The maximum Gasteiger partial charge on any atom is 0.313 e. The molecule has 0 unspecified atom stereocenters. The number of sulfonamides is 1. The standard InChI is InChI=1S/C23H28FN3O6S/c1-14(2)21-19(11-10-17(28)12-18(29)13-20(30)33-4)22(15-6-8-16(24)9-7-15)26-23(25-21)27(3)34(5,31)32/h6-11,14,17,28H,12-13H2,1-5H3/t17-/m1/s1. The largest absolute Gasteiger partial charge is 0.469 e. The van der Waals surface area contributed by atoms with Crippen LogP contribution in [0.25, 0.3) is 17.3 Å². The summed E-state index contributed by atoms with van der Waals surface area (Å²) in [6, 6.07) is 5.50. The molecule has 0 fully saturated rings. The fourth-order valence-electron chi connectivity index (χ4n) is 3.01. The van der Waals surface area contributed by atoms with Crippen LogP contribution in [0, 0.1) is 5.82 Å². The fraction of sp³-hybridized carbons (Fsp3) is 0.391. The molecule has 0 amide bonds. The molecule has 9 nitrogen and oxygen atoms in total. The van der Waals surface area contributed by atoms with Crippen LogP contribution in [0.1, 0.15) is 43.9 Å². The third-order valence-corrected chi connectivity index (χ3v) is 6.06. The molecule has 1 heterocycles. The van der Waals surface area contributed by atoms with E-state index < -0.39 is 40.1 Å². The molecule has 1 N–H and O–H groups in total. The first-order valence-corrected chi connectivity index (χ1v) is 12.2. The molecule has 0 spiro atoms. The molecule has 2 rings (SSSR count). The van der Waals surface area contributed by atoms with E-state index in [2.05, 4.69) is 14.7 Å². The van der Waals surface area contributed by atoms with Crippen molar-refractivity contribution in [2.45, 2.75) is 38.7 Å². The zero-order chi connectivity index (χ0) is 25.6. The highest BCUT2D eigenvalue weighted by Gasteiger charge is 2.22. The minimum Gasteiger partial charge on any atom is -0.469 e. The molecule has 1 aromatic carbocycles. The summed E-state index contributed by atoms with van der Waals surface area (Å²) in [5.74, 6) is -1.87. The number of nitrogens with zero attached hydrogens (tertiary/aromatic N) is 3. The zero-order valence-electron chi connectivity index (χ0n) is 19.6. The van der Waals surface area contributed by atoms with Crippen LogP contribution in [-0.4, -0.2) is 61.8 Å². The molecule has 1 aromatic heterocycles. The molecular formula is C23H28FN3O6S. The van der Waals surface area contributed by atoms with Gasteiger partial charge in [0.05, 0.1) is 30.9 Å². The Morgan fingerprint density at radius 2 is 1.82 bits per heavy atom. The van der Waals surface area contributed by atoms with Crippen LogP contribution in [0.3, 0.4) is 0 Å². The number of rotatable bonds is 10. The summed E-state index contributed by atoms with van der Waals surface area (Å²) in [5, 5.41) is 10.3. The molecule has 0 aliphatic carbocycles. The Morgan fingerprint density at radius 1 is 1.21 bits per heavy atom. The van der Waals surface area contributed by atoms with E-state index in [1.54, 1.807) is 0 Å². The third kappa shape index (κ3) is 7.16. The predicted molar refractivity (Wildman–Crippen MR) is 126 cm³/mol. The minimum absolute atomic E-state index is 0.0588. The second-order valence-electron chi connectivity index (χ2n) is 7.99. The lowest BCUT2D eigenvalue weighted by molar-refractivity contribution is -0.143. The highest BCUT2D eigenvalue weighted by Crippen LogP contribution is 2.31. The third-order valence-electron chi connectivity index (χ3n) is 4.90. The van der Waals surface area contributed by atoms with Crippen LogP contribution in [0.4, 0.5) is 10.3 Å². The first-order valence-electron chi connectivity index (χ1n) is 10.4. The summed E-state index contributed by atoms with van der Waals surface area (Å²) >= 11 is 0. The van der Waals surface area contributed by atoms with Crippen LogP contribution < -0.4 is 4.31 Å². The smallest absolute Gasteiger partial charge is 0.313 e. The van der Waals surface area contributed by atoms with Crippen LogP contribution in [0.5, 0.6) is 0 Å². The zero-order valence-corrected chi connectivity index (χ0v) is 20.5. The average Bonchev–Trinajstić information content (AvgIpc) is 2.76. The Morgan fingerprint density at radius 3 is 2.35 bits per heavy atom. The molecule has 0 saturated carbocycles. The molecule has 2 aromatic rings. The SMILES string of the molecule is COC(=O)CC(=O)C[C@H](O)C=Cc1c(-c2ccc(F)cc2)nc(N(C)S(C)(=O)=O)nc1C(C)C. The maximum absolute atomic E-state index is 13.5.